The molecule has 172 valence electrons. The number of aliphatic hydroxyl groups excluding tert-OH is 4. The number of aryl methyl sites for hydroxylation is 1. The molecule has 31 heavy (non-hydrogen) atoms. The van der Waals surface area contributed by atoms with Crippen LogP contribution in [0.5, 0.6) is 5.75 Å². The maximum absolute atomic E-state index is 10.4. The van der Waals surface area contributed by atoms with E-state index in [9.17, 15) is 25.5 Å². The molecule has 0 bridgehead atoms. The summed E-state index contributed by atoms with van der Waals surface area (Å²) in [6.07, 6.45) is -0.206. The maximum Gasteiger partial charge on any atom is 0.186 e. The average molecular weight is 435 g/mol. The van der Waals surface area contributed by atoms with Gasteiger partial charge in [-0.15, -0.1) is 0 Å². The van der Waals surface area contributed by atoms with Gasteiger partial charge in [0.2, 0.25) is 0 Å². The highest BCUT2D eigenvalue weighted by Crippen LogP contribution is 2.61. The molecule has 5 N–H and O–H groups in total. The summed E-state index contributed by atoms with van der Waals surface area (Å²) in [5, 5.41) is 49.9. The van der Waals surface area contributed by atoms with Crippen molar-refractivity contribution in [1.82, 2.24) is 0 Å². The lowest BCUT2D eigenvalue weighted by Gasteiger charge is -2.51. The van der Waals surface area contributed by atoms with Crippen molar-refractivity contribution in [2.45, 2.75) is 88.2 Å². The summed E-state index contributed by atoms with van der Waals surface area (Å²) >= 11 is 0. The van der Waals surface area contributed by atoms with Crippen LogP contribution < -0.4 is 0 Å². The summed E-state index contributed by atoms with van der Waals surface area (Å²) < 4.78 is 11.9. The second-order valence-corrected chi connectivity index (χ2v) is 10.2. The Bertz CT molecular complexity index is 813. The number of aromatic hydroxyl groups is 1. The van der Waals surface area contributed by atoms with E-state index >= 15 is 0 Å². The minimum Gasteiger partial charge on any atom is -0.508 e. The summed E-state index contributed by atoms with van der Waals surface area (Å²) in [6.45, 7) is 1.83. The number of hydrogen-bond acceptors (Lipinski definition) is 7. The molecule has 3 aliphatic carbocycles. The van der Waals surface area contributed by atoms with Crippen LogP contribution in [-0.2, 0) is 15.9 Å². The van der Waals surface area contributed by atoms with Gasteiger partial charge in [-0.3, -0.25) is 0 Å². The van der Waals surface area contributed by atoms with E-state index in [2.05, 4.69) is 13.0 Å². The summed E-state index contributed by atoms with van der Waals surface area (Å²) in [5.74, 6) is 1.92. The van der Waals surface area contributed by atoms with Crippen molar-refractivity contribution in [2.75, 3.05) is 6.61 Å². The van der Waals surface area contributed by atoms with Crippen LogP contribution in [0.3, 0.4) is 0 Å². The van der Waals surface area contributed by atoms with Crippen LogP contribution in [0, 0.1) is 17.3 Å². The summed E-state index contributed by atoms with van der Waals surface area (Å²) in [4.78, 5) is 0. The topological polar surface area (TPSA) is 120 Å². The van der Waals surface area contributed by atoms with Gasteiger partial charge in [-0.1, -0.05) is 13.0 Å². The molecule has 1 saturated heterocycles. The average Bonchev–Trinajstić information content (AvgIpc) is 3.09. The first-order valence-electron chi connectivity index (χ1n) is 11.6. The number of rotatable bonds is 3. The molecule has 7 heteroatoms. The lowest BCUT2D eigenvalue weighted by Crippen LogP contribution is -2.60. The van der Waals surface area contributed by atoms with Gasteiger partial charge in [0.05, 0.1) is 12.7 Å². The second-order valence-electron chi connectivity index (χ2n) is 10.2. The van der Waals surface area contributed by atoms with E-state index in [4.69, 9.17) is 9.47 Å². The van der Waals surface area contributed by atoms with Gasteiger partial charge < -0.3 is 35.0 Å². The number of benzene rings is 1. The van der Waals surface area contributed by atoms with E-state index in [0.29, 0.717) is 23.5 Å². The molecule has 7 nitrogen and oxygen atoms in total. The number of hydrogen-bond donors (Lipinski definition) is 5. The Morgan fingerprint density at radius 3 is 2.65 bits per heavy atom. The van der Waals surface area contributed by atoms with Crippen LogP contribution in [0.25, 0.3) is 0 Å². The van der Waals surface area contributed by atoms with Crippen LogP contribution in [-0.4, -0.2) is 68.9 Å². The van der Waals surface area contributed by atoms with Crippen molar-refractivity contribution in [1.29, 1.82) is 0 Å². The molecular weight excluding hydrogens is 400 g/mol. The first kappa shape index (κ1) is 21.6. The van der Waals surface area contributed by atoms with E-state index in [1.807, 2.05) is 6.07 Å². The van der Waals surface area contributed by atoms with Crippen molar-refractivity contribution in [3.63, 3.8) is 0 Å². The molecule has 0 radical (unpaired) electrons. The molecular formula is C24H34O7. The van der Waals surface area contributed by atoms with Crippen molar-refractivity contribution >= 4 is 0 Å². The third kappa shape index (κ3) is 3.41. The molecule has 5 rings (SSSR count). The van der Waals surface area contributed by atoms with Crippen LogP contribution in [0.2, 0.25) is 0 Å². The maximum atomic E-state index is 10.4. The zero-order valence-corrected chi connectivity index (χ0v) is 17.9. The van der Waals surface area contributed by atoms with Crippen molar-refractivity contribution in [3.8, 4) is 5.75 Å². The Morgan fingerprint density at radius 2 is 1.87 bits per heavy atom. The minimum absolute atomic E-state index is 0.0472. The second kappa shape index (κ2) is 7.97. The highest BCUT2D eigenvalue weighted by atomic mass is 16.7. The Kier molecular flexibility index (Phi) is 5.56. The highest BCUT2D eigenvalue weighted by Gasteiger charge is 2.57. The fourth-order valence-electron chi connectivity index (χ4n) is 7.09. The zero-order chi connectivity index (χ0) is 21.9. The predicted molar refractivity (Wildman–Crippen MR) is 111 cm³/mol. The van der Waals surface area contributed by atoms with Gasteiger partial charge in [-0.2, -0.15) is 0 Å². The zero-order valence-electron chi connectivity index (χ0n) is 17.9. The minimum atomic E-state index is -1.41. The lowest BCUT2D eigenvalue weighted by atomic mass is 9.55. The monoisotopic (exact) mass is 434 g/mol. The van der Waals surface area contributed by atoms with Crippen LogP contribution in [0.4, 0.5) is 0 Å². The number of fused-ring (bicyclic) bond motifs is 5. The Balaban J connectivity index is 1.33. The van der Waals surface area contributed by atoms with Gasteiger partial charge in [0, 0.05) is 0 Å². The SMILES string of the molecule is C[C@@]12CC[C@H]3c4ccc(O)cc4CC[C@@H]3[C@H]1CC[C@H]2OC1OC(CO)C(O)C(O)C1O. The van der Waals surface area contributed by atoms with Gasteiger partial charge in [-0.05, 0) is 85.0 Å². The normalized spacial score (nSPS) is 46.8. The third-order valence-electron chi connectivity index (χ3n) is 8.77. The molecule has 4 aliphatic rings. The van der Waals surface area contributed by atoms with Gasteiger partial charge in [0.1, 0.15) is 30.2 Å². The van der Waals surface area contributed by atoms with Crippen molar-refractivity contribution in [2.24, 2.45) is 17.3 Å². The lowest BCUT2D eigenvalue weighted by molar-refractivity contribution is -0.319. The van der Waals surface area contributed by atoms with Crippen molar-refractivity contribution < 1.29 is 35.0 Å². The highest BCUT2D eigenvalue weighted by molar-refractivity contribution is 5.40. The van der Waals surface area contributed by atoms with E-state index in [0.717, 1.165) is 38.5 Å². The smallest absolute Gasteiger partial charge is 0.186 e. The molecule has 0 spiro atoms. The standard InChI is InChI=1S/C24H34O7/c1-24-9-8-15-14-5-3-13(26)10-12(14)2-4-16(15)17(24)6-7-19(24)31-23-22(29)21(28)20(27)18(11-25)30-23/h3,5,10,15-23,25-29H,2,4,6-9,11H2,1H3/t15-,16-,17+,18?,19+,20?,21?,22?,23?,24+/m0/s1. The Morgan fingerprint density at radius 1 is 1.06 bits per heavy atom. The molecule has 2 saturated carbocycles. The first-order valence-corrected chi connectivity index (χ1v) is 11.6. The van der Waals surface area contributed by atoms with E-state index in [1.165, 1.54) is 11.1 Å². The summed E-state index contributed by atoms with van der Waals surface area (Å²) in [7, 11) is 0. The van der Waals surface area contributed by atoms with Crippen LogP contribution >= 0.6 is 0 Å². The van der Waals surface area contributed by atoms with Gasteiger partial charge in [0.25, 0.3) is 0 Å². The molecule has 1 aromatic carbocycles. The molecule has 0 amide bonds. The number of ether oxygens (including phenoxy) is 2. The number of aliphatic hydroxyl groups is 4. The van der Waals surface area contributed by atoms with E-state index in [1.54, 1.807) is 6.07 Å². The Hall–Kier alpha value is -1.22. The van der Waals surface area contributed by atoms with Crippen LogP contribution in [0.1, 0.15) is 56.1 Å². The van der Waals surface area contributed by atoms with Crippen LogP contribution in [0.15, 0.2) is 18.2 Å². The first-order chi connectivity index (χ1) is 14.8. The molecule has 1 aliphatic heterocycles. The molecule has 10 atom stereocenters. The fourth-order valence-corrected chi connectivity index (χ4v) is 7.09. The Labute approximate surface area is 182 Å². The van der Waals surface area contributed by atoms with E-state index < -0.39 is 37.3 Å². The molecule has 1 aromatic rings. The molecule has 3 fully saturated rings. The molecule has 1 heterocycles. The predicted octanol–water partition coefficient (Wildman–Crippen LogP) is 1.43. The van der Waals surface area contributed by atoms with Crippen molar-refractivity contribution in [3.05, 3.63) is 29.3 Å². The summed E-state index contributed by atoms with van der Waals surface area (Å²) in [6, 6.07) is 5.81. The van der Waals surface area contributed by atoms with E-state index in [-0.39, 0.29) is 11.5 Å². The number of phenols is 1. The number of phenolic OH excluding ortho intramolecular Hbond substituents is 1. The largest absolute Gasteiger partial charge is 0.508 e. The third-order valence-corrected chi connectivity index (χ3v) is 8.77. The molecule has 5 unspecified atom stereocenters. The fraction of sp³-hybridized carbons (Fsp3) is 0.750. The van der Waals surface area contributed by atoms with Gasteiger partial charge in [-0.25, -0.2) is 0 Å². The van der Waals surface area contributed by atoms with Gasteiger partial charge >= 0.3 is 0 Å². The molecule has 0 aromatic heterocycles. The van der Waals surface area contributed by atoms with Gasteiger partial charge in [0.15, 0.2) is 6.29 Å². The summed E-state index contributed by atoms with van der Waals surface area (Å²) in [5.41, 5.74) is 2.61. The quantitative estimate of drug-likeness (QED) is 0.488.